The smallest absolute Gasteiger partial charge is 0.251 e. The van der Waals surface area contributed by atoms with Gasteiger partial charge in [-0.15, -0.1) is 0 Å². The highest BCUT2D eigenvalue weighted by Gasteiger charge is 2.49. The summed E-state index contributed by atoms with van der Waals surface area (Å²) >= 11 is 6.59. The van der Waals surface area contributed by atoms with E-state index in [1.807, 2.05) is 37.3 Å². The van der Waals surface area contributed by atoms with Crippen LogP contribution in [0, 0.1) is 5.92 Å². The first-order valence-corrected chi connectivity index (χ1v) is 19.8. The van der Waals surface area contributed by atoms with Gasteiger partial charge in [0.05, 0.1) is 29.8 Å². The molecule has 290 valence electrons. The number of carbonyl (C=O) groups is 1. The third-order valence-electron chi connectivity index (χ3n) is 10.1. The first-order valence-electron chi connectivity index (χ1n) is 18.0. The number of benzene rings is 2. The van der Waals surface area contributed by atoms with Gasteiger partial charge in [0, 0.05) is 42.0 Å². The summed E-state index contributed by atoms with van der Waals surface area (Å²) in [5.74, 6) is -0.0418. The molecule has 2 aromatic carbocycles. The molecule has 2 aromatic rings. The zero-order valence-electron chi connectivity index (χ0n) is 29.8. The molecular weight excluding hydrogens is 726 g/mol. The summed E-state index contributed by atoms with van der Waals surface area (Å²) in [7, 11) is -3.85. The van der Waals surface area contributed by atoms with Crippen molar-refractivity contribution >= 4 is 39.8 Å². The fourth-order valence-electron chi connectivity index (χ4n) is 6.55. The van der Waals surface area contributed by atoms with Gasteiger partial charge in [0.25, 0.3) is 5.91 Å². The van der Waals surface area contributed by atoms with Crippen molar-refractivity contribution in [1.82, 2.24) is 9.62 Å². The fourth-order valence-corrected chi connectivity index (χ4v) is 8.24. The Morgan fingerprint density at radius 2 is 1.79 bits per heavy atom. The lowest BCUT2D eigenvalue weighted by Crippen LogP contribution is -2.51. The lowest BCUT2D eigenvalue weighted by atomic mass is 9.92. The number of aliphatic imine (C=N–C) groups is 1. The molecule has 1 heterocycles. The van der Waals surface area contributed by atoms with Crippen molar-refractivity contribution in [2.24, 2.45) is 10.9 Å². The summed E-state index contributed by atoms with van der Waals surface area (Å²) in [6.45, 7) is 5.59. The maximum Gasteiger partial charge on any atom is 0.251 e. The van der Waals surface area contributed by atoms with Crippen molar-refractivity contribution in [2.45, 2.75) is 99.5 Å². The largest absolute Gasteiger partial charge is 0.490 e. The predicted molar refractivity (Wildman–Crippen MR) is 200 cm³/mol. The van der Waals surface area contributed by atoms with E-state index in [1.165, 1.54) is 10.4 Å². The van der Waals surface area contributed by atoms with Crippen LogP contribution in [0.4, 0.5) is 0 Å². The molecule has 0 radical (unpaired) electrons. The molecule has 0 unspecified atom stereocenters. The lowest BCUT2D eigenvalue weighted by molar-refractivity contribution is -0.148. The number of halogens is 1. The number of hydrogen-bond donors (Lipinski definition) is 6. The Balaban J connectivity index is 1.18. The molecule has 4 atom stereocenters. The number of ether oxygens (including phenoxy) is 2. The van der Waals surface area contributed by atoms with Crippen molar-refractivity contribution in [3.8, 4) is 5.75 Å². The van der Waals surface area contributed by atoms with Crippen LogP contribution in [0.1, 0.15) is 63.0 Å². The predicted octanol–water partition coefficient (Wildman–Crippen LogP) is 2.96. The van der Waals surface area contributed by atoms with Crippen LogP contribution in [0.15, 0.2) is 70.2 Å². The van der Waals surface area contributed by atoms with E-state index in [0.717, 1.165) is 48.1 Å². The van der Waals surface area contributed by atoms with Crippen molar-refractivity contribution in [3.63, 3.8) is 0 Å². The van der Waals surface area contributed by atoms with Gasteiger partial charge in [-0.05, 0) is 99.9 Å². The zero-order valence-corrected chi connectivity index (χ0v) is 31.4. The minimum Gasteiger partial charge on any atom is -0.490 e. The molecule has 0 aromatic heterocycles. The number of aliphatic hydroxyl groups is 5. The SMILES string of the molecule is C=N/C=C(\C(=C/C)c1ccccc1OC1CC1)C1(OCc2cc(S(=O)(=O)N3CCC(CCNC(=O)[C@@H](O)[C@@H](O)[C@H](O)[C@@H](O)CO)CC3)ccc2Cl)CC1. The molecule has 5 rings (SSSR count). The van der Waals surface area contributed by atoms with E-state index in [-0.39, 0.29) is 43.2 Å². The fraction of sp³-hybridized carbons (Fsp3) is 0.526. The van der Waals surface area contributed by atoms with Gasteiger partial charge in [0.15, 0.2) is 6.10 Å². The third kappa shape index (κ3) is 9.93. The number of piperidine rings is 1. The standard InChI is InChI=1S/C38H50ClN3O10S/c1-3-28(29-6-4-5-7-33(29)52-26-8-9-26)30(21-40-2)38(15-16-38)51-23-25-20-27(10-11-31(25)39)53(49,50)42-18-13-24(14-19-42)12-17-41-37(48)36(47)35(46)34(45)32(44)22-43/h3-7,10-11,20-21,24,26,32,34-36,43-47H,2,8-9,12-19,22-23H2,1H3,(H,41,48)/b28-3-,30-21+/t32-,34+,35-,36-/m0/s1. The third-order valence-corrected chi connectivity index (χ3v) is 12.4. The molecule has 2 aliphatic carbocycles. The van der Waals surface area contributed by atoms with Crippen molar-refractivity contribution < 1.29 is 48.2 Å². The highest BCUT2D eigenvalue weighted by Crippen LogP contribution is 2.52. The average Bonchev–Trinajstić information content (AvgIpc) is 4.11. The number of nitrogens with one attached hydrogen (secondary N) is 1. The van der Waals surface area contributed by atoms with E-state index >= 15 is 0 Å². The van der Waals surface area contributed by atoms with E-state index < -0.39 is 52.6 Å². The zero-order chi connectivity index (χ0) is 38.3. The first kappa shape index (κ1) is 41.0. The molecule has 0 spiro atoms. The highest BCUT2D eigenvalue weighted by atomic mass is 35.5. The number of amides is 1. The van der Waals surface area contributed by atoms with Gasteiger partial charge >= 0.3 is 0 Å². The molecule has 2 saturated carbocycles. The summed E-state index contributed by atoms with van der Waals surface area (Å²) in [6.07, 6.45) is 1.49. The van der Waals surface area contributed by atoms with Gasteiger partial charge < -0.3 is 40.3 Å². The number of nitrogens with zero attached hydrogens (tertiary/aromatic N) is 2. The second-order valence-electron chi connectivity index (χ2n) is 13.9. The minimum atomic E-state index is -3.85. The van der Waals surface area contributed by atoms with Crippen LogP contribution in [0.25, 0.3) is 5.57 Å². The van der Waals surface area contributed by atoms with Crippen LogP contribution in [-0.4, -0.2) is 113 Å². The molecular formula is C38H50ClN3O10S. The molecule has 6 N–H and O–H groups in total. The Hall–Kier alpha value is -3.18. The Morgan fingerprint density at radius 1 is 1.09 bits per heavy atom. The Kier molecular flexibility index (Phi) is 13.9. The van der Waals surface area contributed by atoms with Gasteiger partial charge in [0.1, 0.15) is 24.1 Å². The van der Waals surface area contributed by atoms with Crippen molar-refractivity contribution in [3.05, 3.63) is 76.5 Å². The number of aliphatic hydroxyl groups excluding tert-OH is 5. The van der Waals surface area contributed by atoms with Crippen molar-refractivity contribution in [2.75, 3.05) is 26.2 Å². The van der Waals surface area contributed by atoms with Crippen LogP contribution in [0.5, 0.6) is 5.75 Å². The monoisotopic (exact) mass is 775 g/mol. The molecule has 3 aliphatic rings. The lowest BCUT2D eigenvalue weighted by Gasteiger charge is -2.31. The molecule has 1 amide bonds. The Labute approximate surface area is 315 Å². The molecule has 1 aliphatic heterocycles. The summed E-state index contributed by atoms with van der Waals surface area (Å²) < 4.78 is 41.7. The number of sulfonamides is 1. The molecule has 1 saturated heterocycles. The number of allylic oxidation sites excluding steroid dienone is 1. The maximum absolute atomic E-state index is 13.8. The van der Waals surface area contributed by atoms with Gasteiger partial charge in [-0.3, -0.25) is 9.79 Å². The molecule has 3 fully saturated rings. The average molecular weight is 776 g/mol. The normalized spacial score (nSPS) is 20.7. The van der Waals surface area contributed by atoms with Crippen LogP contribution in [0.3, 0.4) is 0 Å². The summed E-state index contributed by atoms with van der Waals surface area (Å²) in [5.41, 5.74) is 2.63. The number of rotatable bonds is 19. The van der Waals surface area contributed by atoms with Gasteiger partial charge in [-0.25, -0.2) is 8.42 Å². The summed E-state index contributed by atoms with van der Waals surface area (Å²) in [6, 6.07) is 12.5. The van der Waals surface area contributed by atoms with E-state index in [0.29, 0.717) is 29.8 Å². The minimum absolute atomic E-state index is 0.0778. The van der Waals surface area contributed by atoms with Gasteiger partial charge in [-0.2, -0.15) is 4.31 Å². The second kappa shape index (κ2) is 18.0. The number of para-hydroxylation sites is 1. The quantitative estimate of drug-likeness (QED) is 0.0912. The van der Waals surface area contributed by atoms with E-state index in [1.54, 1.807) is 18.3 Å². The number of carbonyl (C=O) groups excluding carboxylic acids is 1. The highest BCUT2D eigenvalue weighted by molar-refractivity contribution is 7.89. The summed E-state index contributed by atoms with van der Waals surface area (Å²) in [4.78, 5) is 16.5. The number of hydrogen-bond acceptors (Lipinski definition) is 11. The van der Waals surface area contributed by atoms with E-state index in [4.69, 9.17) is 26.2 Å². The first-order chi connectivity index (χ1) is 25.3. The maximum atomic E-state index is 13.8. The van der Waals surface area contributed by atoms with Crippen LogP contribution in [-0.2, 0) is 26.2 Å². The summed E-state index contributed by atoms with van der Waals surface area (Å²) in [5, 5.41) is 50.9. The molecule has 15 heteroatoms. The van der Waals surface area contributed by atoms with E-state index in [9.17, 15) is 33.6 Å². The second-order valence-corrected chi connectivity index (χ2v) is 16.2. The molecule has 0 bridgehead atoms. The van der Waals surface area contributed by atoms with Crippen LogP contribution in [0.2, 0.25) is 5.02 Å². The van der Waals surface area contributed by atoms with Gasteiger partial charge in [-0.1, -0.05) is 35.9 Å². The van der Waals surface area contributed by atoms with Crippen LogP contribution >= 0.6 is 11.6 Å². The molecule has 13 nitrogen and oxygen atoms in total. The van der Waals surface area contributed by atoms with Gasteiger partial charge in [0.2, 0.25) is 10.0 Å². The van der Waals surface area contributed by atoms with E-state index in [2.05, 4.69) is 17.0 Å². The van der Waals surface area contributed by atoms with Crippen LogP contribution < -0.4 is 10.1 Å². The Bertz CT molecular complexity index is 1770. The Morgan fingerprint density at radius 3 is 2.42 bits per heavy atom. The topological polar surface area (TPSA) is 198 Å². The molecule has 53 heavy (non-hydrogen) atoms. The van der Waals surface area contributed by atoms with Crippen molar-refractivity contribution in [1.29, 1.82) is 0 Å².